The highest BCUT2D eigenvalue weighted by Crippen LogP contribution is 2.36. The molecular formula is C19H37NO. The van der Waals surface area contributed by atoms with Crippen LogP contribution in [0.25, 0.3) is 0 Å². The van der Waals surface area contributed by atoms with Gasteiger partial charge in [0.15, 0.2) is 0 Å². The maximum absolute atomic E-state index is 11.9. The van der Waals surface area contributed by atoms with Crippen LogP contribution in [0.1, 0.15) is 104 Å². The first-order valence-electron chi connectivity index (χ1n) is 9.33. The number of nitrogens with one attached hydrogen (secondary N) is 1. The van der Waals surface area contributed by atoms with Crippen LogP contribution < -0.4 is 5.32 Å². The molecule has 1 aliphatic rings. The molecule has 0 aliphatic heterocycles. The van der Waals surface area contributed by atoms with Crippen molar-refractivity contribution in [2.75, 3.05) is 0 Å². The lowest BCUT2D eigenvalue weighted by atomic mass is 9.92. The molecule has 1 unspecified atom stereocenters. The van der Waals surface area contributed by atoms with Crippen molar-refractivity contribution >= 4 is 5.91 Å². The highest BCUT2D eigenvalue weighted by atomic mass is 16.1. The molecule has 1 fully saturated rings. The van der Waals surface area contributed by atoms with Crippen LogP contribution in [0.4, 0.5) is 0 Å². The maximum atomic E-state index is 11.9. The van der Waals surface area contributed by atoms with E-state index in [1.54, 1.807) is 0 Å². The van der Waals surface area contributed by atoms with E-state index in [2.05, 4.69) is 26.1 Å². The Hall–Kier alpha value is -0.530. The van der Waals surface area contributed by atoms with Crippen LogP contribution >= 0.6 is 0 Å². The Morgan fingerprint density at radius 3 is 2.10 bits per heavy atom. The topological polar surface area (TPSA) is 29.1 Å². The minimum Gasteiger partial charge on any atom is -0.353 e. The fourth-order valence-corrected chi connectivity index (χ4v) is 3.46. The highest BCUT2D eigenvalue weighted by molar-refractivity contribution is 5.76. The molecule has 0 radical (unpaired) electrons. The number of amides is 1. The van der Waals surface area contributed by atoms with Gasteiger partial charge in [-0.25, -0.2) is 0 Å². The Morgan fingerprint density at radius 1 is 1.00 bits per heavy atom. The zero-order valence-corrected chi connectivity index (χ0v) is 14.7. The van der Waals surface area contributed by atoms with Crippen molar-refractivity contribution < 1.29 is 4.79 Å². The van der Waals surface area contributed by atoms with E-state index in [-0.39, 0.29) is 5.91 Å². The predicted molar refractivity (Wildman–Crippen MR) is 91.4 cm³/mol. The summed E-state index contributed by atoms with van der Waals surface area (Å²) in [7, 11) is 0. The number of unbranched alkanes of at least 4 members (excludes halogenated alkanes) is 8. The summed E-state index contributed by atoms with van der Waals surface area (Å²) in [6.07, 6.45) is 16.1. The van der Waals surface area contributed by atoms with Gasteiger partial charge in [0.2, 0.25) is 5.91 Å². The molecule has 2 heteroatoms. The predicted octanol–water partition coefficient (Wildman–Crippen LogP) is 5.60. The molecule has 0 aromatic heterocycles. The molecule has 0 bridgehead atoms. The van der Waals surface area contributed by atoms with Crippen molar-refractivity contribution in [3.8, 4) is 0 Å². The lowest BCUT2D eigenvalue weighted by Crippen LogP contribution is -2.33. The maximum Gasteiger partial charge on any atom is 0.220 e. The van der Waals surface area contributed by atoms with Crippen molar-refractivity contribution in [3.63, 3.8) is 0 Å². The second kappa shape index (κ2) is 10.2. The molecule has 1 N–H and O–H groups in total. The molecular weight excluding hydrogens is 258 g/mol. The summed E-state index contributed by atoms with van der Waals surface area (Å²) in [5, 5.41) is 3.22. The quantitative estimate of drug-likeness (QED) is 0.494. The summed E-state index contributed by atoms with van der Waals surface area (Å²) in [5.74, 6) is 0.278. The van der Waals surface area contributed by atoms with E-state index in [4.69, 9.17) is 0 Å². The summed E-state index contributed by atoms with van der Waals surface area (Å²) in [5.41, 5.74) is 0.426. The van der Waals surface area contributed by atoms with Crippen molar-refractivity contribution in [2.45, 2.75) is 110 Å². The van der Waals surface area contributed by atoms with Gasteiger partial charge < -0.3 is 5.32 Å². The monoisotopic (exact) mass is 295 g/mol. The Bertz CT molecular complexity index is 285. The van der Waals surface area contributed by atoms with Crippen LogP contribution in [0.3, 0.4) is 0 Å². The summed E-state index contributed by atoms with van der Waals surface area (Å²) in [6.45, 7) is 6.87. The third kappa shape index (κ3) is 9.16. The van der Waals surface area contributed by atoms with Gasteiger partial charge in [-0.3, -0.25) is 4.79 Å². The first-order valence-corrected chi connectivity index (χ1v) is 9.33. The third-order valence-corrected chi connectivity index (χ3v) is 4.84. The molecule has 0 aromatic rings. The Kier molecular flexibility index (Phi) is 9.03. The van der Waals surface area contributed by atoms with E-state index < -0.39 is 0 Å². The van der Waals surface area contributed by atoms with Crippen molar-refractivity contribution in [2.24, 2.45) is 5.41 Å². The average molecular weight is 296 g/mol. The van der Waals surface area contributed by atoms with E-state index in [1.807, 2.05) is 0 Å². The normalized spacial score (nSPS) is 20.6. The number of rotatable bonds is 11. The van der Waals surface area contributed by atoms with Crippen molar-refractivity contribution in [3.05, 3.63) is 0 Å². The molecule has 2 nitrogen and oxygen atoms in total. The summed E-state index contributed by atoms with van der Waals surface area (Å²) in [4.78, 5) is 11.9. The largest absolute Gasteiger partial charge is 0.353 e. The third-order valence-electron chi connectivity index (χ3n) is 4.84. The number of hydrogen-bond donors (Lipinski definition) is 1. The second-order valence-electron chi connectivity index (χ2n) is 7.75. The molecule has 21 heavy (non-hydrogen) atoms. The molecule has 124 valence electrons. The molecule has 1 aliphatic carbocycles. The minimum atomic E-state index is 0.278. The van der Waals surface area contributed by atoms with E-state index >= 15 is 0 Å². The van der Waals surface area contributed by atoms with Gasteiger partial charge in [0.05, 0.1) is 0 Å². The molecule has 1 rings (SSSR count). The molecule has 1 atom stereocenters. The van der Waals surface area contributed by atoms with Crippen LogP contribution in [-0.2, 0) is 4.79 Å². The van der Waals surface area contributed by atoms with E-state index in [9.17, 15) is 4.79 Å². The van der Waals surface area contributed by atoms with E-state index in [0.29, 0.717) is 11.5 Å². The lowest BCUT2D eigenvalue weighted by molar-refractivity contribution is -0.121. The Labute approximate surface area is 132 Å². The van der Waals surface area contributed by atoms with Gasteiger partial charge in [-0.2, -0.15) is 0 Å². The van der Waals surface area contributed by atoms with Gasteiger partial charge in [-0.05, 0) is 31.1 Å². The van der Waals surface area contributed by atoms with Crippen LogP contribution in [0, 0.1) is 5.41 Å². The van der Waals surface area contributed by atoms with Gasteiger partial charge in [-0.15, -0.1) is 0 Å². The second-order valence-corrected chi connectivity index (χ2v) is 7.75. The van der Waals surface area contributed by atoms with E-state index in [1.165, 1.54) is 57.8 Å². The molecule has 0 saturated heterocycles. The van der Waals surface area contributed by atoms with Crippen LogP contribution in [-0.4, -0.2) is 11.9 Å². The van der Waals surface area contributed by atoms with E-state index in [0.717, 1.165) is 25.7 Å². The van der Waals surface area contributed by atoms with Crippen molar-refractivity contribution in [1.29, 1.82) is 0 Å². The van der Waals surface area contributed by atoms with Crippen LogP contribution in [0.2, 0.25) is 0 Å². The fourth-order valence-electron chi connectivity index (χ4n) is 3.46. The summed E-state index contributed by atoms with van der Waals surface area (Å²) < 4.78 is 0. The Morgan fingerprint density at radius 2 is 1.57 bits per heavy atom. The van der Waals surface area contributed by atoms with Gasteiger partial charge in [0.25, 0.3) is 0 Å². The number of carbonyl (C=O) groups is 1. The van der Waals surface area contributed by atoms with Crippen LogP contribution in [0.5, 0.6) is 0 Å². The highest BCUT2D eigenvalue weighted by Gasteiger charge is 2.31. The van der Waals surface area contributed by atoms with Gasteiger partial charge >= 0.3 is 0 Å². The molecule has 0 heterocycles. The molecule has 0 aromatic carbocycles. The average Bonchev–Trinajstić information content (AvgIpc) is 2.76. The lowest BCUT2D eigenvalue weighted by Gasteiger charge is -2.17. The smallest absolute Gasteiger partial charge is 0.220 e. The standard InChI is InChI=1S/C19H37NO/c1-4-5-6-7-8-9-10-11-12-13-18(21)20-17-14-15-19(2,3)16-17/h17H,4-16H2,1-3H3,(H,20,21). The number of carbonyl (C=O) groups excluding carboxylic acids is 1. The Balaban J connectivity index is 1.90. The fraction of sp³-hybridized carbons (Fsp3) is 0.947. The summed E-state index contributed by atoms with van der Waals surface area (Å²) >= 11 is 0. The first kappa shape index (κ1) is 18.5. The van der Waals surface area contributed by atoms with Crippen LogP contribution in [0.15, 0.2) is 0 Å². The molecule has 1 saturated carbocycles. The zero-order chi connectivity index (χ0) is 15.6. The van der Waals surface area contributed by atoms with Crippen molar-refractivity contribution in [1.82, 2.24) is 5.32 Å². The zero-order valence-electron chi connectivity index (χ0n) is 14.7. The van der Waals surface area contributed by atoms with Gasteiger partial charge in [0.1, 0.15) is 0 Å². The minimum absolute atomic E-state index is 0.278. The van der Waals surface area contributed by atoms with Gasteiger partial charge in [-0.1, -0.05) is 72.1 Å². The molecule has 1 amide bonds. The van der Waals surface area contributed by atoms with Gasteiger partial charge in [0, 0.05) is 12.5 Å². The molecule has 0 spiro atoms. The number of hydrogen-bond acceptors (Lipinski definition) is 1. The first-order chi connectivity index (χ1) is 10.0. The summed E-state index contributed by atoms with van der Waals surface area (Å²) in [6, 6.07) is 0.436. The SMILES string of the molecule is CCCCCCCCCCCC(=O)NC1CCC(C)(C)C1.